The van der Waals surface area contributed by atoms with Crippen molar-refractivity contribution in [1.82, 2.24) is 9.88 Å². The van der Waals surface area contributed by atoms with Gasteiger partial charge in [0.05, 0.1) is 11.9 Å². The van der Waals surface area contributed by atoms with Crippen LogP contribution >= 0.6 is 12.2 Å². The molecule has 0 atom stereocenters. The average molecular weight is 476 g/mol. The van der Waals surface area contributed by atoms with E-state index < -0.39 is 5.54 Å². The molecule has 3 heterocycles. The highest BCUT2D eigenvalue weighted by atomic mass is 32.1. The summed E-state index contributed by atoms with van der Waals surface area (Å²) < 4.78 is 6.24. The van der Waals surface area contributed by atoms with Crippen molar-refractivity contribution in [3.8, 4) is 11.8 Å². The van der Waals surface area contributed by atoms with Crippen LogP contribution in [0.25, 0.3) is 0 Å². The number of hydrogen-bond acceptors (Lipinski definition) is 6. The monoisotopic (exact) mass is 475 g/mol. The number of hydrogen-bond donors (Lipinski definition) is 0. The van der Waals surface area contributed by atoms with Crippen LogP contribution in [0.5, 0.6) is 5.75 Å². The molecule has 3 aliphatic rings. The van der Waals surface area contributed by atoms with E-state index in [-0.39, 0.29) is 12.0 Å². The standard InChI is InChI=1S/C26H29N5O2S/c1-3-29-13-9-22(10-14-29)33-21-7-5-19(6-8-21)31-25(34)30(24(32)26(31)11-4-12-26)20-15-18(2)23(16-27)28-17-20/h5-8,15,17,22H,3-4,9-14H2,1-2H3. The minimum atomic E-state index is -0.645. The van der Waals surface area contributed by atoms with E-state index >= 15 is 0 Å². The lowest BCUT2D eigenvalue weighted by atomic mass is 9.75. The van der Waals surface area contributed by atoms with E-state index in [1.54, 1.807) is 11.1 Å². The van der Waals surface area contributed by atoms with Crippen molar-refractivity contribution >= 4 is 34.6 Å². The molecule has 2 aromatic rings. The summed E-state index contributed by atoms with van der Waals surface area (Å²) in [5.74, 6) is 0.833. The maximum atomic E-state index is 13.6. The molecule has 0 unspecified atom stereocenters. The Morgan fingerprint density at radius 2 is 1.91 bits per heavy atom. The van der Waals surface area contributed by atoms with Crippen LogP contribution in [0.4, 0.5) is 11.4 Å². The fourth-order valence-corrected chi connectivity index (χ4v) is 5.69. The Morgan fingerprint density at radius 3 is 2.47 bits per heavy atom. The molecule has 1 amide bonds. The summed E-state index contributed by atoms with van der Waals surface area (Å²) in [5.41, 5.74) is 1.94. The van der Waals surface area contributed by atoms with Gasteiger partial charge in [0, 0.05) is 18.8 Å². The molecule has 3 fully saturated rings. The highest BCUT2D eigenvalue weighted by molar-refractivity contribution is 7.81. The zero-order valence-electron chi connectivity index (χ0n) is 19.7. The summed E-state index contributed by atoms with van der Waals surface area (Å²) >= 11 is 5.85. The molecular formula is C26H29N5O2S. The molecular weight excluding hydrogens is 446 g/mol. The van der Waals surface area contributed by atoms with Crippen molar-refractivity contribution in [3.63, 3.8) is 0 Å². The van der Waals surface area contributed by atoms with Crippen molar-refractivity contribution < 1.29 is 9.53 Å². The lowest BCUT2D eigenvalue weighted by Gasteiger charge is -2.43. The van der Waals surface area contributed by atoms with Crippen LogP contribution in [-0.4, -0.2) is 52.2 Å². The number of thiocarbonyl (C=S) groups is 1. The molecule has 1 aliphatic carbocycles. The number of carbonyl (C=O) groups excluding carboxylic acids is 1. The Labute approximate surface area is 205 Å². The summed E-state index contributed by atoms with van der Waals surface area (Å²) in [5, 5.41) is 9.66. The summed E-state index contributed by atoms with van der Waals surface area (Å²) in [7, 11) is 0. The SMILES string of the molecule is CCN1CCC(Oc2ccc(N3C(=S)N(c4cnc(C#N)c(C)c4)C(=O)C34CCC4)cc2)CC1. The molecule has 2 aliphatic heterocycles. The van der Waals surface area contributed by atoms with E-state index in [0.29, 0.717) is 16.5 Å². The predicted molar refractivity (Wildman–Crippen MR) is 135 cm³/mol. The molecule has 7 nitrogen and oxygen atoms in total. The second kappa shape index (κ2) is 8.97. The van der Waals surface area contributed by atoms with E-state index in [0.717, 1.165) is 68.7 Å². The van der Waals surface area contributed by atoms with Gasteiger partial charge >= 0.3 is 0 Å². The number of ether oxygens (including phenoxy) is 1. The normalized spacial score (nSPS) is 20.5. The van der Waals surface area contributed by atoms with Gasteiger partial charge in [-0.25, -0.2) is 4.98 Å². The van der Waals surface area contributed by atoms with Gasteiger partial charge in [-0.2, -0.15) is 5.26 Å². The largest absolute Gasteiger partial charge is 0.490 e. The molecule has 1 saturated carbocycles. The van der Waals surface area contributed by atoms with Crippen LogP contribution in [-0.2, 0) is 4.79 Å². The molecule has 1 aromatic heterocycles. The lowest BCUT2D eigenvalue weighted by Crippen LogP contribution is -2.55. The van der Waals surface area contributed by atoms with E-state index in [1.807, 2.05) is 42.2 Å². The Hall–Kier alpha value is -3.02. The van der Waals surface area contributed by atoms with E-state index in [2.05, 4.69) is 22.9 Å². The van der Waals surface area contributed by atoms with Crippen molar-refractivity contribution in [2.75, 3.05) is 29.4 Å². The first kappa shape index (κ1) is 22.8. The highest BCUT2D eigenvalue weighted by Gasteiger charge is 2.59. The molecule has 0 bridgehead atoms. The number of carbonyl (C=O) groups is 1. The smallest absolute Gasteiger partial charge is 0.259 e. The molecule has 8 heteroatoms. The topological polar surface area (TPSA) is 72.7 Å². The van der Waals surface area contributed by atoms with Gasteiger partial charge in [-0.1, -0.05) is 6.92 Å². The molecule has 2 saturated heterocycles. The van der Waals surface area contributed by atoms with Gasteiger partial charge in [-0.05, 0) is 93.7 Å². The molecule has 5 rings (SSSR count). The maximum absolute atomic E-state index is 13.6. The summed E-state index contributed by atoms with van der Waals surface area (Å²) in [6, 6.07) is 11.9. The number of benzene rings is 1. The van der Waals surface area contributed by atoms with Gasteiger partial charge < -0.3 is 14.5 Å². The van der Waals surface area contributed by atoms with Crippen molar-refractivity contribution in [3.05, 3.63) is 47.8 Å². The van der Waals surface area contributed by atoms with E-state index in [4.69, 9.17) is 17.0 Å². The number of nitriles is 1. The number of piperidine rings is 1. The maximum Gasteiger partial charge on any atom is 0.259 e. The Balaban J connectivity index is 1.37. The zero-order chi connectivity index (χ0) is 23.9. The third kappa shape index (κ3) is 3.73. The quantitative estimate of drug-likeness (QED) is 0.601. The lowest BCUT2D eigenvalue weighted by molar-refractivity contribution is -0.123. The van der Waals surface area contributed by atoms with Crippen molar-refractivity contribution in [1.29, 1.82) is 5.26 Å². The number of aryl methyl sites for hydroxylation is 1. The number of rotatable bonds is 5. The minimum Gasteiger partial charge on any atom is -0.490 e. The predicted octanol–water partition coefficient (Wildman–Crippen LogP) is 4.19. The highest BCUT2D eigenvalue weighted by Crippen LogP contribution is 2.48. The van der Waals surface area contributed by atoms with Gasteiger partial charge in [-0.15, -0.1) is 0 Å². The van der Waals surface area contributed by atoms with E-state index in [9.17, 15) is 10.1 Å². The minimum absolute atomic E-state index is 0.0160. The molecule has 0 N–H and O–H groups in total. The third-order valence-corrected chi connectivity index (χ3v) is 7.77. The first-order valence-electron chi connectivity index (χ1n) is 12.0. The van der Waals surface area contributed by atoms with Crippen molar-refractivity contribution in [2.45, 2.75) is 57.6 Å². The summed E-state index contributed by atoms with van der Waals surface area (Å²) in [6.45, 7) is 7.26. The van der Waals surface area contributed by atoms with E-state index in [1.165, 1.54) is 0 Å². The molecule has 0 radical (unpaired) electrons. The zero-order valence-corrected chi connectivity index (χ0v) is 20.5. The fraction of sp³-hybridized carbons (Fsp3) is 0.462. The Bertz CT molecular complexity index is 1150. The van der Waals surface area contributed by atoms with Crippen LogP contribution in [0.1, 0.15) is 50.3 Å². The average Bonchev–Trinajstić information content (AvgIpc) is 3.07. The molecule has 34 heavy (non-hydrogen) atoms. The molecule has 1 aromatic carbocycles. The second-order valence-electron chi connectivity index (χ2n) is 9.36. The van der Waals surface area contributed by atoms with Gasteiger partial charge in [0.1, 0.15) is 29.2 Å². The number of amides is 1. The van der Waals surface area contributed by atoms with Crippen LogP contribution in [0.3, 0.4) is 0 Å². The summed E-state index contributed by atoms with van der Waals surface area (Å²) in [6.07, 6.45) is 6.39. The first-order chi connectivity index (χ1) is 16.5. The van der Waals surface area contributed by atoms with Crippen LogP contribution in [0.15, 0.2) is 36.5 Å². The number of aromatic nitrogens is 1. The number of pyridine rings is 1. The van der Waals surface area contributed by atoms with Crippen LogP contribution < -0.4 is 14.5 Å². The van der Waals surface area contributed by atoms with Crippen LogP contribution in [0, 0.1) is 18.3 Å². The van der Waals surface area contributed by atoms with Crippen molar-refractivity contribution in [2.24, 2.45) is 0 Å². The van der Waals surface area contributed by atoms with Gasteiger partial charge in [0.25, 0.3) is 5.91 Å². The first-order valence-corrected chi connectivity index (χ1v) is 12.4. The molecule has 176 valence electrons. The number of likely N-dealkylation sites (tertiary alicyclic amines) is 1. The third-order valence-electron chi connectivity index (χ3n) is 7.40. The number of anilines is 2. The van der Waals surface area contributed by atoms with Gasteiger partial charge in [-0.3, -0.25) is 9.69 Å². The van der Waals surface area contributed by atoms with Gasteiger partial charge in [0.15, 0.2) is 5.11 Å². The fourth-order valence-electron chi connectivity index (χ4n) is 5.22. The Kier molecular flexibility index (Phi) is 6.00. The van der Waals surface area contributed by atoms with Crippen LogP contribution in [0.2, 0.25) is 0 Å². The second-order valence-corrected chi connectivity index (χ2v) is 9.73. The Morgan fingerprint density at radius 1 is 1.21 bits per heavy atom. The molecule has 1 spiro atoms. The summed E-state index contributed by atoms with van der Waals surface area (Å²) in [4.78, 5) is 23.9. The number of nitrogens with zero attached hydrogens (tertiary/aromatic N) is 5. The van der Waals surface area contributed by atoms with Gasteiger partial charge in [0.2, 0.25) is 0 Å².